The monoisotopic (exact) mass is 342 g/mol. The fourth-order valence-electron chi connectivity index (χ4n) is 3.36. The summed E-state index contributed by atoms with van der Waals surface area (Å²) in [5, 5.41) is 9.31. The Balaban J connectivity index is 1.76. The third-order valence-corrected chi connectivity index (χ3v) is 4.64. The zero-order valence-electron chi connectivity index (χ0n) is 14.4. The van der Waals surface area contributed by atoms with Gasteiger partial charge in [0.25, 0.3) is 0 Å². The Morgan fingerprint density at radius 2 is 2.16 bits per heavy atom. The summed E-state index contributed by atoms with van der Waals surface area (Å²) in [7, 11) is 3.33. The summed E-state index contributed by atoms with van der Waals surface area (Å²) in [6.07, 6.45) is 2.62. The maximum absolute atomic E-state index is 11.3. The van der Waals surface area contributed by atoms with Gasteiger partial charge in [0.2, 0.25) is 0 Å². The minimum absolute atomic E-state index is 0.268. The standard InChI is InChI=1S/C19H22N2O4/c1-24-14-5-6-18(25-2)16(10-14)13-7-9-21(11-13)12-17-15(19(22)23)4-3-8-20-17/h3-6,8,10,13H,7,9,11-12H2,1-2H3,(H,22,23)/t13-/m0/s1. The first-order valence-corrected chi connectivity index (χ1v) is 8.24. The molecule has 1 N–H and O–H groups in total. The number of aromatic carboxylic acids is 1. The van der Waals surface area contributed by atoms with Crippen LogP contribution in [0.2, 0.25) is 0 Å². The quantitative estimate of drug-likeness (QED) is 0.870. The average Bonchev–Trinajstić information content (AvgIpc) is 3.09. The van der Waals surface area contributed by atoms with Crippen LogP contribution < -0.4 is 9.47 Å². The van der Waals surface area contributed by atoms with E-state index >= 15 is 0 Å². The van der Waals surface area contributed by atoms with Crippen molar-refractivity contribution < 1.29 is 19.4 Å². The second kappa shape index (κ2) is 7.53. The molecule has 132 valence electrons. The number of hydrogen-bond acceptors (Lipinski definition) is 5. The molecule has 0 spiro atoms. The van der Waals surface area contributed by atoms with Crippen molar-refractivity contribution >= 4 is 5.97 Å². The Morgan fingerprint density at radius 3 is 2.88 bits per heavy atom. The van der Waals surface area contributed by atoms with Crippen LogP contribution in [0.25, 0.3) is 0 Å². The molecule has 1 atom stereocenters. The van der Waals surface area contributed by atoms with Crippen LogP contribution in [0.5, 0.6) is 11.5 Å². The van der Waals surface area contributed by atoms with Crippen molar-refractivity contribution in [3.63, 3.8) is 0 Å². The third-order valence-electron chi connectivity index (χ3n) is 4.64. The highest BCUT2D eigenvalue weighted by molar-refractivity contribution is 5.88. The highest BCUT2D eigenvalue weighted by Crippen LogP contribution is 2.36. The van der Waals surface area contributed by atoms with E-state index in [1.807, 2.05) is 18.2 Å². The summed E-state index contributed by atoms with van der Waals surface area (Å²) < 4.78 is 10.8. The van der Waals surface area contributed by atoms with Crippen LogP contribution in [0, 0.1) is 0 Å². The number of carbonyl (C=O) groups is 1. The van der Waals surface area contributed by atoms with Crippen LogP contribution in [-0.4, -0.2) is 48.3 Å². The van der Waals surface area contributed by atoms with Gasteiger partial charge < -0.3 is 14.6 Å². The number of ether oxygens (including phenoxy) is 2. The summed E-state index contributed by atoms with van der Waals surface area (Å²) in [4.78, 5) is 17.8. The Hall–Kier alpha value is -2.60. The number of nitrogens with zero attached hydrogens (tertiary/aromatic N) is 2. The van der Waals surface area contributed by atoms with E-state index in [1.165, 1.54) is 0 Å². The molecule has 0 amide bonds. The van der Waals surface area contributed by atoms with E-state index in [-0.39, 0.29) is 5.56 Å². The number of carboxylic acid groups (broad SMARTS) is 1. The largest absolute Gasteiger partial charge is 0.497 e. The van der Waals surface area contributed by atoms with Crippen LogP contribution in [0.4, 0.5) is 0 Å². The summed E-state index contributed by atoms with van der Waals surface area (Å²) in [5.74, 6) is 1.05. The first kappa shape index (κ1) is 17.2. The third kappa shape index (κ3) is 3.74. The van der Waals surface area contributed by atoms with E-state index in [1.54, 1.807) is 32.5 Å². The number of carboxylic acids is 1. The van der Waals surface area contributed by atoms with Crippen LogP contribution >= 0.6 is 0 Å². The molecule has 1 aromatic carbocycles. The molecule has 1 fully saturated rings. The van der Waals surface area contributed by atoms with E-state index in [0.717, 1.165) is 36.6 Å². The fraction of sp³-hybridized carbons (Fsp3) is 0.368. The maximum atomic E-state index is 11.3. The highest BCUT2D eigenvalue weighted by Gasteiger charge is 2.27. The molecule has 1 aliphatic heterocycles. The van der Waals surface area contributed by atoms with Gasteiger partial charge >= 0.3 is 5.97 Å². The lowest BCUT2D eigenvalue weighted by atomic mass is 9.97. The number of rotatable bonds is 6. The lowest BCUT2D eigenvalue weighted by molar-refractivity contribution is 0.0694. The van der Waals surface area contributed by atoms with Gasteiger partial charge in [0, 0.05) is 30.8 Å². The Kier molecular flexibility index (Phi) is 5.19. The van der Waals surface area contributed by atoms with Gasteiger partial charge in [-0.15, -0.1) is 0 Å². The van der Waals surface area contributed by atoms with Crippen LogP contribution in [-0.2, 0) is 6.54 Å². The van der Waals surface area contributed by atoms with E-state index in [9.17, 15) is 9.90 Å². The Bertz CT molecular complexity index is 763. The number of benzene rings is 1. The number of methoxy groups -OCH3 is 2. The first-order valence-electron chi connectivity index (χ1n) is 8.24. The van der Waals surface area contributed by atoms with Crippen LogP contribution in [0.15, 0.2) is 36.5 Å². The Labute approximate surface area is 147 Å². The number of pyridine rings is 1. The van der Waals surface area contributed by atoms with Gasteiger partial charge in [0.1, 0.15) is 11.5 Å². The molecule has 0 bridgehead atoms. The lowest BCUT2D eigenvalue weighted by Gasteiger charge is -2.18. The molecular formula is C19H22N2O4. The number of aromatic nitrogens is 1. The van der Waals surface area contributed by atoms with Gasteiger partial charge in [0.15, 0.2) is 0 Å². The normalized spacial score (nSPS) is 17.4. The predicted molar refractivity (Wildman–Crippen MR) is 93.4 cm³/mol. The van der Waals surface area contributed by atoms with Crippen molar-refractivity contribution in [2.45, 2.75) is 18.9 Å². The first-order chi connectivity index (χ1) is 12.1. The van der Waals surface area contributed by atoms with Gasteiger partial charge in [-0.2, -0.15) is 0 Å². The SMILES string of the molecule is COc1ccc(OC)c([C@H]2CCN(Cc3ncccc3C(=O)O)C2)c1. The zero-order valence-corrected chi connectivity index (χ0v) is 14.4. The molecule has 0 unspecified atom stereocenters. The molecule has 0 aliphatic carbocycles. The van der Waals surface area contributed by atoms with Crippen molar-refractivity contribution in [3.8, 4) is 11.5 Å². The second-order valence-electron chi connectivity index (χ2n) is 6.13. The van der Waals surface area contributed by atoms with Crippen molar-refractivity contribution in [1.29, 1.82) is 0 Å². The predicted octanol–water partition coefficient (Wildman–Crippen LogP) is 2.79. The minimum atomic E-state index is -0.937. The molecule has 2 aromatic rings. The lowest BCUT2D eigenvalue weighted by Crippen LogP contribution is -2.22. The van der Waals surface area contributed by atoms with E-state index < -0.39 is 5.97 Å². The molecule has 1 aliphatic rings. The second-order valence-corrected chi connectivity index (χ2v) is 6.13. The molecule has 1 saturated heterocycles. The summed E-state index contributed by atoms with van der Waals surface area (Å²) in [6, 6.07) is 9.10. The van der Waals surface area contributed by atoms with Gasteiger partial charge in [-0.25, -0.2) is 4.79 Å². The molecular weight excluding hydrogens is 320 g/mol. The number of hydrogen-bond donors (Lipinski definition) is 1. The zero-order chi connectivity index (χ0) is 17.8. The van der Waals surface area contributed by atoms with Gasteiger partial charge in [0.05, 0.1) is 25.5 Å². The van der Waals surface area contributed by atoms with Crippen molar-refractivity contribution in [2.75, 3.05) is 27.3 Å². The maximum Gasteiger partial charge on any atom is 0.337 e. The van der Waals surface area contributed by atoms with Crippen LogP contribution in [0.3, 0.4) is 0 Å². The summed E-state index contributed by atoms with van der Waals surface area (Å²) in [5.41, 5.74) is 2.00. The van der Waals surface area contributed by atoms with Gasteiger partial charge in [-0.3, -0.25) is 9.88 Å². The Morgan fingerprint density at radius 1 is 1.32 bits per heavy atom. The highest BCUT2D eigenvalue weighted by atomic mass is 16.5. The van der Waals surface area contributed by atoms with E-state index in [0.29, 0.717) is 18.2 Å². The molecule has 0 saturated carbocycles. The summed E-state index contributed by atoms with van der Waals surface area (Å²) in [6.45, 7) is 2.26. The summed E-state index contributed by atoms with van der Waals surface area (Å²) >= 11 is 0. The molecule has 25 heavy (non-hydrogen) atoms. The molecule has 3 rings (SSSR count). The molecule has 1 aromatic heterocycles. The van der Waals surface area contributed by atoms with E-state index in [2.05, 4.69) is 9.88 Å². The van der Waals surface area contributed by atoms with Crippen molar-refractivity contribution in [3.05, 3.63) is 53.3 Å². The smallest absolute Gasteiger partial charge is 0.337 e. The minimum Gasteiger partial charge on any atom is -0.497 e. The molecule has 2 heterocycles. The van der Waals surface area contributed by atoms with E-state index in [4.69, 9.17) is 9.47 Å². The topological polar surface area (TPSA) is 71.9 Å². The van der Waals surface area contributed by atoms with Crippen molar-refractivity contribution in [1.82, 2.24) is 9.88 Å². The van der Waals surface area contributed by atoms with Gasteiger partial charge in [-0.05, 0) is 43.3 Å². The van der Waals surface area contributed by atoms with Gasteiger partial charge in [-0.1, -0.05) is 0 Å². The fourth-order valence-corrected chi connectivity index (χ4v) is 3.36. The van der Waals surface area contributed by atoms with Crippen LogP contribution in [0.1, 0.15) is 34.0 Å². The van der Waals surface area contributed by atoms with Crippen molar-refractivity contribution in [2.24, 2.45) is 0 Å². The molecule has 6 nitrogen and oxygen atoms in total. The average molecular weight is 342 g/mol. The molecule has 0 radical (unpaired) electrons. The molecule has 6 heteroatoms. The number of likely N-dealkylation sites (tertiary alicyclic amines) is 1.